The molecule has 1 aromatic rings. The second-order valence-corrected chi connectivity index (χ2v) is 7.92. The molecule has 0 saturated carbocycles. The van der Waals surface area contributed by atoms with E-state index in [0.717, 1.165) is 11.0 Å². The molecule has 0 aliphatic heterocycles. The van der Waals surface area contributed by atoms with Crippen molar-refractivity contribution >= 4 is 49.9 Å². The van der Waals surface area contributed by atoms with Gasteiger partial charge in [-0.1, -0.05) is 22.5 Å². The standard InChI is InChI=1S/C11H13BrINS/c1-7(12)6-14-9-3-2-4-10-8(9)5-11(13)15-10/h5,9,14H,1-4,6H2. The molecule has 82 valence electrons. The van der Waals surface area contributed by atoms with E-state index in [1.807, 2.05) is 11.3 Å². The van der Waals surface area contributed by atoms with Crippen LogP contribution in [0, 0.1) is 2.88 Å². The van der Waals surface area contributed by atoms with Crippen LogP contribution in [0.1, 0.15) is 29.3 Å². The predicted octanol–water partition coefficient (Wildman–Crippen LogP) is 4.23. The average Bonchev–Trinajstić information content (AvgIpc) is 2.55. The van der Waals surface area contributed by atoms with E-state index in [-0.39, 0.29) is 0 Å². The molecule has 0 bridgehead atoms. The zero-order valence-corrected chi connectivity index (χ0v) is 12.9. The van der Waals surface area contributed by atoms with Crippen molar-refractivity contribution in [1.82, 2.24) is 5.32 Å². The monoisotopic (exact) mass is 397 g/mol. The second-order valence-electron chi connectivity index (χ2n) is 3.77. The highest BCUT2D eigenvalue weighted by Gasteiger charge is 2.21. The Bertz CT molecular complexity index is 375. The van der Waals surface area contributed by atoms with Crippen molar-refractivity contribution in [2.24, 2.45) is 0 Å². The van der Waals surface area contributed by atoms with Gasteiger partial charge in [0.2, 0.25) is 0 Å². The van der Waals surface area contributed by atoms with E-state index in [4.69, 9.17) is 0 Å². The van der Waals surface area contributed by atoms with Gasteiger partial charge >= 0.3 is 0 Å². The SMILES string of the molecule is C=C(Br)CNC1CCCc2sc(I)cc21. The zero-order chi connectivity index (χ0) is 10.8. The van der Waals surface area contributed by atoms with Crippen LogP contribution in [0.15, 0.2) is 17.1 Å². The van der Waals surface area contributed by atoms with Crippen molar-refractivity contribution in [2.75, 3.05) is 6.54 Å². The van der Waals surface area contributed by atoms with Crippen LogP contribution in [-0.4, -0.2) is 6.54 Å². The van der Waals surface area contributed by atoms with Gasteiger partial charge in [-0.25, -0.2) is 0 Å². The van der Waals surface area contributed by atoms with E-state index in [0.29, 0.717) is 6.04 Å². The first-order valence-electron chi connectivity index (χ1n) is 5.01. The second kappa shape index (κ2) is 5.29. The first-order valence-corrected chi connectivity index (χ1v) is 7.70. The van der Waals surface area contributed by atoms with E-state index in [1.54, 1.807) is 4.88 Å². The molecular formula is C11H13BrINS. The molecule has 1 aromatic heterocycles. The smallest absolute Gasteiger partial charge is 0.0659 e. The molecule has 1 atom stereocenters. The summed E-state index contributed by atoms with van der Waals surface area (Å²) in [6.07, 6.45) is 3.81. The third-order valence-corrected chi connectivity index (χ3v) is 4.88. The molecule has 0 radical (unpaired) electrons. The third kappa shape index (κ3) is 3.05. The quantitative estimate of drug-likeness (QED) is 0.752. The Kier molecular flexibility index (Phi) is 4.26. The molecule has 15 heavy (non-hydrogen) atoms. The van der Waals surface area contributed by atoms with Crippen LogP contribution in [-0.2, 0) is 6.42 Å². The number of hydrogen-bond acceptors (Lipinski definition) is 2. The fraction of sp³-hybridized carbons (Fsp3) is 0.455. The maximum atomic E-state index is 3.86. The van der Waals surface area contributed by atoms with Crippen molar-refractivity contribution in [2.45, 2.75) is 25.3 Å². The minimum Gasteiger partial charge on any atom is -0.305 e. The van der Waals surface area contributed by atoms with Gasteiger partial charge in [-0.05, 0) is 53.5 Å². The Balaban J connectivity index is 2.11. The number of hydrogen-bond donors (Lipinski definition) is 1. The largest absolute Gasteiger partial charge is 0.305 e. The van der Waals surface area contributed by atoms with Gasteiger partial charge in [0.15, 0.2) is 0 Å². The summed E-state index contributed by atoms with van der Waals surface area (Å²) in [5.41, 5.74) is 1.52. The van der Waals surface area contributed by atoms with Gasteiger partial charge in [0.25, 0.3) is 0 Å². The fourth-order valence-electron chi connectivity index (χ4n) is 1.97. The summed E-state index contributed by atoms with van der Waals surface area (Å²) in [4.78, 5) is 1.57. The van der Waals surface area contributed by atoms with Gasteiger partial charge in [-0.2, -0.15) is 0 Å². The third-order valence-electron chi connectivity index (χ3n) is 2.62. The van der Waals surface area contributed by atoms with E-state index < -0.39 is 0 Å². The van der Waals surface area contributed by atoms with Gasteiger partial charge in [0, 0.05) is 21.9 Å². The highest BCUT2D eigenvalue weighted by molar-refractivity contribution is 14.1. The van der Waals surface area contributed by atoms with Crippen LogP contribution in [0.4, 0.5) is 0 Å². The van der Waals surface area contributed by atoms with Crippen LogP contribution >= 0.6 is 49.9 Å². The molecule has 0 spiro atoms. The lowest BCUT2D eigenvalue weighted by molar-refractivity contribution is 0.484. The summed E-state index contributed by atoms with van der Waals surface area (Å²) in [7, 11) is 0. The maximum absolute atomic E-state index is 3.86. The Morgan fingerprint density at radius 2 is 2.53 bits per heavy atom. The Labute approximate surface area is 117 Å². The van der Waals surface area contributed by atoms with Crippen LogP contribution in [0.3, 0.4) is 0 Å². The molecule has 0 fully saturated rings. The van der Waals surface area contributed by atoms with E-state index in [1.165, 1.54) is 27.7 Å². The van der Waals surface area contributed by atoms with Gasteiger partial charge in [0.1, 0.15) is 0 Å². The number of rotatable bonds is 3. The topological polar surface area (TPSA) is 12.0 Å². The summed E-state index contributed by atoms with van der Waals surface area (Å²) in [5.74, 6) is 0. The van der Waals surface area contributed by atoms with Crippen molar-refractivity contribution in [1.29, 1.82) is 0 Å². The Morgan fingerprint density at radius 3 is 3.27 bits per heavy atom. The predicted molar refractivity (Wildman–Crippen MR) is 78.8 cm³/mol. The molecule has 0 amide bonds. The fourth-order valence-corrected chi connectivity index (χ4v) is 4.25. The average molecular weight is 398 g/mol. The van der Waals surface area contributed by atoms with E-state index in [2.05, 4.69) is 56.5 Å². The summed E-state index contributed by atoms with van der Waals surface area (Å²) in [6, 6.07) is 2.86. The molecule has 1 nitrogen and oxygen atoms in total. The van der Waals surface area contributed by atoms with Crippen LogP contribution < -0.4 is 5.32 Å². The molecule has 0 aromatic carbocycles. The summed E-state index contributed by atoms with van der Waals surface area (Å²) in [5, 5.41) is 3.55. The lowest BCUT2D eigenvalue weighted by Crippen LogP contribution is -2.25. The van der Waals surface area contributed by atoms with Gasteiger partial charge < -0.3 is 5.32 Å². The summed E-state index contributed by atoms with van der Waals surface area (Å²) in [6.45, 7) is 4.71. The molecule has 1 aliphatic carbocycles. The highest BCUT2D eigenvalue weighted by atomic mass is 127. The van der Waals surface area contributed by atoms with E-state index in [9.17, 15) is 0 Å². The lowest BCUT2D eigenvalue weighted by Gasteiger charge is -2.23. The van der Waals surface area contributed by atoms with Gasteiger partial charge in [-0.15, -0.1) is 11.3 Å². The molecule has 4 heteroatoms. The molecule has 1 heterocycles. The molecule has 0 saturated heterocycles. The number of thiophene rings is 1. The lowest BCUT2D eigenvalue weighted by atomic mass is 9.94. The van der Waals surface area contributed by atoms with Gasteiger partial charge in [0.05, 0.1) is 2.88 Å². The molecule has 1 unspecified atom stereocenters. The zero-order valence-electron chi connectivity index (χ0n) is 8.35. The summed E-state index contributed by atoms with van der Waals surface area (Å²) >= 11 is 7.75. The first-order chi connectivity index (χ1) is 7.16. The Hall–Kier alpha value is 0.610. The number of fused-ring (bicyclic) bond motifs is 1. The molecular weight excluding hydrogens is 385 g/mol. The van der Waals surface area contributed by atoms with E-state index >= 15 is 0 Å². The maximum Gasteiger partial charge on any atom is 0.0659 e. The van der Waals surface area contributed by atoms with Crippen LogP contribution in [0.25, 0.3) is 0 Å². The Morgan fingerprint density at radius 1 is 1.73 bits per heavy atom. The number of aryl methyl sites for hydroxylation is 1. The minimum atomic E-state index is 0.530. The van der Waals surface area contributed by atoms with Gasteiger partial charge in [-0.3, -0.25) is 0 Å². The van der Waals surface area contributed by atoms with Crippen LogP contribution in [0.2, 0.25) is 0 Å². The highest BCUT2D eigenvalue weighted by Crippen LogP contribution is 2.36. The number of halogens is 2. The summed E-state index contributed by atoms with van der Waals surface area (Å²) < 4.78 is 2.43. The molecule has 1 aliphatic rings. The van der Waals surface area contributed by atoms with Crippen LogP contribution in [0.5, 0.6) is 0 Å². The minimum absolute atomic E-state index is 0.530. The van der Waals surface area contributed by atoms with Crippen molar-refractivity contribution in [3.63, 3.8) is 0 Å². The van der Waals surface area contributed by atoms with Crippen molar-refractivity contribution < 1.29 is 0 Å². The number of nitrogens with one attached hydrogen (secondary N) is 1. The molecule has 1 N–H and O–H groups in total. The van der Waals surface area contributed by atoms with Crippen molar-refractivity contribution in [3.8, 4) is 0 Å². The normalized spacial score (nSPS) is 20.0. The first kappa shape index (κ1) is 12.1. The van der Waals surface area contributed by atoms with Crippen molar-refractivity contribution in [3.05, 3.63) is 30.5 Å². The molecule has 2 rings (SSSR count).